The lowest BCUT2D eigenvalue weighted by molar-refractivity contribution is -0.137. The lowest BCUT2D eigenvalue weighted by Gasteiger charge is -2.36. The van der Waals surface area contributed by atoms with E-state index in [4.69, 9.17) is 10.7 Å². The molecule has 3 N–H and O–H groups in total. The zero-order chi connectivity index (χ0) is 28.6. The molecule has 0 atom stereocenters. The highest BCUT2D eigenvalue weighted by molar-refractivity contribution is 6.06. The van der Waals surface area contributed by atoms with E-state index in [1.165, 1.54) is 12.1 Å². The first-order valence-electron chi connectivity index (χ1n) is 14.0. The Bertz CT molecular complexity index is 1580. The van der Waals surface area contributed by atoms with Crippen molar-refractivity contribution in [2.24, 2.45) is 0 Å². The van der Waals surface area contributed by atoms with E-state index in [1.54, 1.807) is 0 Å². The van der Waals surface area contributed by atoms with Crippen LogP contribution in [-0.2, 0) is 25.6 Å². The number of hydrogen-bond donors (Lipinski definition) is 2. The number of amides is 1. The summed E-state index contributed by atoms with van der Waals surface area (Å²) in [5.41, 5.74) is 12.7. The van der Waals surface area contributed by atoms with Gasteiger partial charge in [-0.25, -0.2) is 0 Å². The second-order valence-electron chi connectivity index (χ2n) is 10.8. The van der Waals surface area contributed by atoms with Crippen LogP contribution in [0.25, 0.3) is 10.9 Å². The summed E-state index contributed by atoms with van der Waals surface area (Å²) in [7, 11) is 0. The van der Waals surface area contributed by atoms with E-state index in [0.29, 0.717) is 30.9 Å². The first-order chi connectivity index (χ1) is 19.8. The van der Waals surface area contributed by atoms with Crippen LogP contribution in [0.5, 0.6) is 0 Å². The molecule has 1 aromatic heterocycles. The number of alkyl halides is 3. The van der Waals surface area contributed by atoms with Gasteiger partial charge in [-0.05, 0) is 85.3 Å². The molecule has 0 spiro atoms. The van der Waals surface area contributed by atoms with Crippen LogP contribution in [0.3, 0.4) is 0 Å². The molecular weight excluding hydrogens is 527 g/mol. The molecule has 2 heterocycles. The van der Waals surface area contributed by atoms with Gasteiger partial charge in [0.1, 0.15) is 0 Å². The number of rotatable bonds is 5. The summed E-state index contributed by atoms with van der Waals surface area (Å²) in [5, 5.41) is 3.91. The number of aromatic nitrogens is 1. The van der Waals surface area contributed by atoms with E-state index >= 15 is 0 Å². The van der Waals surface area contributed by atoms with E-state index in [1.807, 2.05) is 42.5 Å². The Labute approximate surface area is 237 Å². The molecule has 9 heteroatoms. The van der Waals surface area contributed by atoms with Gasteiger partial charge in [0.05, 0.1) is 11.1 Å². The Morgan fingerprint density at radius 1 is 0.927 bits per heavy atom. The topological polar surface area (TPSA) is 74.5 Å². The number of anilines is 3. The standard InChI is InChI=1S/C32H32F3N5O/c33-32(34,35)22-9-12-24(13-10-22)40-17-15-39(16-18-40)20-21-5-1-2-6-25(21)31(41)37-23-11-14-29-27(19-23)30(36)26-7-3-4-8-28(26)38-29/h1-2,5-6,9-14,19H,3-4,7-8,15-18,20H2,(H2,36,38)(H,37,41). The molecule has 3 aromatic carbocycles. The van der Waals surface area contributed by atoms with Crippen LogP contribution in [0, 0.1) is 0 Å². The van der Waals surface area contributed by atoms with Crippen molar-refractivity contribution in [3.8, 4) is 0 Å². The van der Waals surface area contributed by atoms with Crippen LogP contribution < -0.4 is 16.0 Å². The highest BCUT2D eigenvalue weighted by Crippen LogP contribution is 2.33. The molecule has 2 aliphatic rings. The SMILES string of the molecule is Nc1c2c(nc3ccc(NC(=O)c4ccccc4CN4CCN(c5ccc(C(F)(F)F)cc5)CC4)cc13)CCCC2. The van der Waals surface area contributed by atoms with E-state index < -0.39 is 11.7 Å². The maximum Gasteiger partial charge on any atom is 0.416 e. The fraction of sp³-hybridized carbons (Fsp3) is 0.312. The molecule has 0 bridgehead atoms. The first-order valence-corrected chi connectivity index (χ1v) is 14.0. The number of hydrogen-bond acceptors (Lipinski definition) is 5. The van der Waals surface area contributed by atoms with Crippen LogP contribution in [0.2, 0.25) is 0 Å². The summed E-state index contributed by atoms with van der Waals surface area (Å²) in [6.07, 6.45) is -0.203. The molecule has 212 valence electrons. The Balaban J connectivity index is 1.12. The molecule has 41 heavy (non-hydrogen) atoms. The molecule has 6 rings (SSSR count). The lowest BCUT2D eigenvalue weighted by atomic mass is 9.93. The first kappa shape index (κ1) is 27.1. The number of pyridine rings is 1. The summed E-state index contributed by atoms with van der Waals surface area (Å²) in [4.78, 5) is 22.6. The molecule has 1 aliphatic heterocycles. The number of fused-ring (bicyclic) bond motifs is 2. The fourth-order valence-electron chi connectivity index (χ4n) is 5.88. The third-order valence-electron chi connectivity index (χ3n) is 8.15. The van der Waals surface area contributed by atoms with Gasteiger partial charge >= 0.3 is 6.18 Å². The van der Waals surface area contributed by atoms with Crippen LogP contribution in [-0.4, -0.2) is 42.0 Å². The van der Waals surface area contributed by atoms with Gasteiger partial charge in [0, 0.05) is 66.4 Å². The maximum atomic E-state index is 13.4. The van der Waals surface area contributed by atoms with Crippen molar-refractivity contribution in [3.63, 3.8) is 0 Å². The maximum absolute atomic E-state index is 13.4. The third kappa shape index (κ3) is 5.72. The number of benzene rings is 3. The molecule has 0 saturated carbocycles. The minimum absolute atomic E-state index is 0.187. The highest BCUT2D eigenvalue weighted by atomic mass is 19.4. The quantitative estimate of drug-likeness (QED) is 0.301. The predicted molar refractivity (Wildman–Crippen MR) is 156 cm³/mol. The van der Waals surface area contributed by atoms with Crippen molar-refractivity contribution in [2.45, 2.75) is 38.4 Å². The summed E-state index contributed by atoms with van der Waals surface area (Å²) in [6, 6.07) is 18.6. The summed E-state index contributed by atoms with van der Waals surface area (Å²) < 4.78 is 38.7. The minimum Gasteiger partial charge on any atom is -0.398 e. The summed E-state index contributed by atoms with van der Waals surface area (Å²) in [6.45, 7) is 3.45. The van der Waals surface area contributed by atoms with Crippen molar-refractivity contribution in [1.82, 2.24) is 9.88 Å². The average Bonchev–Trinajstić information content (AvgIpc) is 2.98. The normalized spacial score (nSPS) is 16.0. The Morgan fingerprint density at radius 3 is 2.41 bits per heavy atom. The third-order valence-corrected chi connectivity index (χ3v) is 8.15. The van der Waals surface area contributed by atoms with Crippen molar-refractivity contribution in [3.05, 3.63) is 94.7 Å². The van der Waals surface area contributed by atoms with Crippen molar-refractivity contribution in [1.29, 1.82) is 0 Å². The predicted octanol–water partition coefficient (Wildman–Crippen LogP) is 6.29. The molecule has 1 amide bonds. The largest absolute Gasteiger partial charge is 0.416 e. The monoisotopic (exact) mass is 559 g/mol. The molecule has 1 saturated heterocycles. The lowest BCUT2D eigenvalue weighted by Crippen LogP contribution is -2.46. The summed E-state index contributed by atoms with van der Waals surface area (Å²) in [5.74, 6) is -0.187. The number of carbonyl (C=O) groups excluding carboxylic acids is 1. The van der Waals surface area contributed by atoms with E-state index in [9.17, 15) is 18.0 Å². The van der Waals surface area contributed by atoms with Gasteiger partial charge in [-0.3, -0.25) is 14.7 Å². The number of nitrogens with zero attached hydrogens (tertiary/aromatic N) is 3. The Hall–Kier alpha value is -4.11. The molecule has 1 aliphatic carbocycles. The second kappa shape index (κ2) is 11.0. The number of nitrogens with one attached hydrogen (secondary N) is 1. The average molecular weight is 560 g/mol. The minimum atomic E-state index is -4.34. The second-order valence-corrected chi connectivity index (χ2v) is 10.8. The van der Waals surface area contributed by atoms with Gasteiger partial charge in [0.2, 0.25) is 0 Å². The van der Waals surface area contributed by atoms with Crippen molar-refractivity contribution < 1.29 is 18.0 Å². The molecule has 6 nitrogen and oxygen atoms in total. The number of nitrogen functional groups attached to an aromatic ring is 1. The van der Waals surface area contributed by atoms with Crippen LogP contribution in [0.4, 0.5) is 30.2 Å². The van der Waals surface area contributed by atoms with Crippen LogP contribution >= 0.6 is 0 Å². The fourth-order valence-corrected chi connectivity index (χ4v) is 5.88. The Kier molecular flexibility index (Phi) is 7.30. The van der Waals surface area contributed by atoms with Gasteiger partial charge in [0.25, 0.3) is 5.91 Å². The number of nitrogens with two attached hydrogens (primary N) is 1. The number of carbonyl (C=O) groups is 1. The van der Waals surface area contributed by atoms with Crippen molar-refractivity contribution in [2.75, 3.05) is 42.1 Å². The van der Waals surface area contributed by atoms with E-state index in [2.05, 4.69) is 15.1 Å². The molecular formula is C32H32F3N5O. The van der Waals surface area contributed by atoms with Crippen molar-refractivity contribution >= 4 is 33.9 Å². The number of aryl methyl sites for hydroxylation is 1. The zero-order valence-electron chi connectivity index (χ0n) is 22.7. The molecule has 0 radical (unpaired) electrons. The smallest absolute Gasteiger partial charge is 0.398 e. The van der Waals surface area contributed by atoms with Gasteiger partial charge in [-0.15, -0.1) is 0 Å². The Morgan fingerprint density at radius 2 is 1.66 bits per heavy atom. The van der Waals surface area contributed by atoms with E-state index in [-0.39, 0.29) is 5.91 Å². The molecule has 1 fully saturated rings. The summed E-state index contributed by atoms with van der Waals surface area (Å²) >= 11 is 0. The number of halogens is 3. The van der Waals surface area contributed by atoms with Crippen LogP contribution in [0.15, 0.2) is 66.7 Å². The number of piperazine rings is 1. The van der Waals surface area contributed by atoms with E-state index in [0.717, 1.165) is 90.0 Å². The zero-order valence-corrected chi connectivity index (χ0v) is 22.7. The molecule has 0 unspecified atom stereocenters. The van der Waals surface area contributed by atoms with Gasteiger partial charge in [-0.1, -0.05) is 18.2 Å². The van der Waals surface area contributed by atoms with Gasteiger partial charge in [-0.2, -0.15) is 13.2 Å². The molecule has 4 aromatic rings. The van der Waals surface area contributed by atoms with Gasteiger partial charge in [0.15, 0.2) is 0 Å². The van der Waals surface area contributed by atoms with Crippen LogP contribution in [0.1, 0.15) is 45.6 Å². The van der Waals surface area contributed by atoms with Gasteiger partial charge < -0.3 is 16.0 Å². The highest BCUT2D eigenvalue weighted by Gasteiger charge is 2.30.